The molecule has 0 radical (unpaired) electrons. The molecule has 4 heteroatoms. The summed E-state index contributed by atoms with van der Waals surface area (Å²) in [5.41, 5.74) is 2.07. The predicted octanol–water partition coefficient (Wildman–Crippen LogP) is 2.45. The number of hydrogen-bond acceptors (Lipinski definition) is 4. The average Bonchev–Trinajstić information content (AvgIpc) is 2.54. The highest BCUT2D eigenvalue weighted by Crippen LogP contribution is 2.22. The van der Waals surface area contributed by atoms with E-state index in [1.807, 2.05) is 12.1 Å². The quantitative estimate of drug-likeness (QED) is 0.874. The molecule has 0 saturated carbocycles. The van der Waals surface area contributed by atoms with E-state index in [9.17, 15) is 5.11 Å². The number of nitrogens with zero attached hydrogens (tertiary/aromatic N) is 3. The number of piperidine rings is 1. The van der Waals surface area contributed by atoms with Crippen LogP contribution >= 0.6 is 0 Å². The lowest BCUT2D eigenvalue weighted by Gasteiger charge is -2.37. The van der Waals surface area contributed by atoms with Gasteiger partial charge in [-0.1, -0.05) is 20.3 Å². The smallest absolute Gasteiger partial charge is 0.129 e. The van der Waals surface area contributed by atoms with Crippen LogP contribution in [0.1, 0.15) is 44.4 Å². The van der Waals surface area contributed by atoms with Gasteiger partial charge in [0.1, 0.15) is 5.82 Å². The maximum Gasteiger partial charge on any atom is 0.129 e. The molecule has 0 atom stereocenters. The van der Waals surface area contributed by atoms with Crippen molar-refractivity contribution < 1.29 is 5.11 Å². The first-order valence-corrected chi connectivity index (χ1v) is 8.23. The first kappa shape index (κ1) is 16.2. The Morgan fingerprint density at radius 3 is 2.57 bits per heavy atom. The molecule has 1 N–H and O–H groups in total. The van der Waals surface area contributed by atoms with Gasteiger partial charge in [0.25, 0.3) is 0 Å². The van der Waals surface area contributed by atoms with E-state index in [4.69, 9.17) is 4.98 Å². The summed E-state index contributed by atoms with van der Waals surface area (Å²) in [6.07, 6.45) is 4.44. The first-order chi connectivity index (χ1) is 10.2. The zero-order valence-electron chi connectivity index (χ0n) is 13.7. The van der Waals surface area contributed by atoms with Crippen molar-refractivity contribution in [3.05, 3.63) is 23.4 Å². The molecule has 21 heavy (non-hydrogen) atoms. The molecule has 2 heterocycles. The van der Waals surface area contributed by atoms with E-state index in [0.29, 0.717) is 6.04 Å². The summed E-state index contributed by atoms with van der Waals surface area (Å²) in [7, 11) is 2.14. The van der Waals surface area contributed by atoms with Crippen LogP contribution in [0.25, 0.3) is 0 Å². The van der Waals surface area contributed by atoms with Crippen molar-refractivity contribution in [3.8, 4) is 0 Å². The third kappa shape index (κ3) is 4.17. The van der Waals surface area contributed by atoms with Crippen molar-refractivity contribution >= 4 is 5.82 Å². The lowest BCUT2D eigenvalue weighted by atomic mass is 10.0. The number of likely N-dealkylation sites (tertiary alicyclic amines) is 1. The lowest BCUT2D eigenvalue weighted by Crippen LogP contribution is -2.43. The second kappa shape index (κ2) is 7.76. The highest BCUT2D eigenvalue weighted by Gasteiger charge is 2.22. The SMILES string of the molecule is CCCc1cc(CO)cc(N(C)C2CCN(CC)CC2)n1. The van der Waals surface area contributed by atoms with Crippen LogP contribution in [0.4, 0.5) is 5.82 Å². The molecule has 1 aromatic heterocycles. The van der Waals surface area contributed by atoms with Gasteiger partial charge in [-0.15, -0.1) is 0 Å². The molecule has 1 fully saturated rings. The summed E-state index contributed by atoms with van der Waals surface area (Å²) in [5.74, 6) is 1.01. The van der Waals surface area contributed by atoms with E-state index in [1.54, 1.807) is 0 Å². The maximum absolute atomic E-state index is 9.46. The number of aliphatic hydroxyl groups excluding tert-OH is 1. The summed E-state index contributed by atoms with van der Waals surface area (Å²) in [6.45, 7) is 7.98. The third-order valence-corrected chi connectivity index (χ3v) is 4.53. The van der Waals surface area contributed by atoms with Gasteiger partial charge in [-0.3, -0.25) is 0 Å². The molecular weight excluding hydrogens is 262 g/mol. The highest BCUT2D eigenvalue weighted by molar-refractivity contribution is 5.43. The van der Waals surface area contributed by atoms with Gasteiger partial charge in [0.05, 0.1) is 6.61 Å². The third-order valence-electron chi connectivity index (χ3n) is 4.53. The average molecular weight is 291 g/mol. The predicted molar refractivity (Wildman–Crippen MR) is 87.7 cm³/mol. The second-order valence-corrected chi connectivity index (χ2v) is 6.01. The van der Waals surface area contributed by atoms with E-state index in [0.717, 1.165) is 36.5 Å². The van der Waals surface area contributed by atoms with Crippen LogP contribution in [0.2, 0.25) is 0 Å². The fourth-order valence-electron chi connectivity index (χ4n) is 3.10. The number of rotatable bonds is 6. The Morgan fingerprint density at radius 1 is 1.29 bits per heavy atom. The molecule has 1 aliphatic rings. The van der Waals surface area contributed by atoms with Crippen LogP contribution in [0.3, 0.4) is 0 Å². The number of aliphatic hydroxyl groups is 1. The van der Waals surface area contributed by atoms with Crippen LogP contribution < -0.4 is 4.90 Å². The minimum absolute atomic E-state index is 0.0916. The summed E-state index contributed by atoms with van der Waals surface area (Å²) in [5, 5.41) is 9.46. The van der Waals surface area contributed by atoms with Crippen LogP contribution in [-0.4, -0.2) is 47.7 Å². The molecule has 0 bridgehead atoms. The molecule has 0 spiro atoms. The molecule has 0 amide bonds. The van der Waals surface area contributed by atoms with Crippen LogP contribution in [0.15, 0.2) is 12.1 Å². The fraction of sp³-hybridized carbons (Fsp3) is 0.706. The first-order valence-electron chi connectivity index (χ1n) is 8.23. The lowest BCUT2D eigenvalue weighted by molar-refractivity contribution is 0.220. The number of pyridine rings is 1. The Balaban J connectivity index is 2.10. The van der Waals surface area contributed by atoms with Crippen molar-refractivity contribution in [1.82, 2.24) is 9.88 Å². The standard InChI is InChI=1S/C17H29N3O/c1-4-6-15-11-14(13-21)12-17(18-15)19(3)16-7-9-20(5-2)10-8-16/h11-12,16,21H,4-10,13H2,1-3H3. The highest BCUT2D eigenvalue weighted by atomic mass is 16.3. The van der Waals surface area contributed by atoms with Gasteiger partial charge in [0, 0.05) is 31.9 Å². The molecule has 0 aliphatic carbocycles. The number of aromatic nitrogens is 1. The van der Waals surface area contributed by atoms with Gasteiger partial charge in [0.2, 0.25) is 0 Å². The fourth-order valence-corrected chi connectivity index (χ4v) is 3.10. The summed E-state index contributed by atoms with van der Waals surface area (Å²) in [6, 6.07) is 4.62. The molecule has 118 valence electrons. The number of aryl methyl sites for hydroxylation is 1. The van der Waals surface area contributed by atoms with E-state index in [-0.39, 0.29) is 6.61 Å². The van der Waals surface area contributed by atoms with Gasteiger partial charge in [-0.05, 0) is 43.5 Å². The zero-order valence-corrected chi connectivity index (χ0v) is 13.7. The second-order valence-electron chi connectivity index (χ2n) is 6.01. The van der Waals surface area contributed by atoms with Crippen molar-refractivity contribution in [3.63, 3.8) is 0 Å². The minimum atomic E-state index is 0.0916. The van der Waals surface area contributed by atoms with Crippen molar-refractivity contribution in [2.45, 2.75) is 52.2 Å². The van der Waals surface area contributed by atoms with E-state index < -0.39 is 0 Å². The molecule has 0 unspecified atom stereocenters. The summed E-state index contributed by atoms with van der Waals surface area (Å²) >= 11 is 0. The van der Waals surface area contributed by atoms with Crippen LogP contribution in [0.5, 0.6) is 0 Å². The largest absolute Gasteiger partial charge is 0.392 e. The topological polar surface area (TPSA) is 39.6 Å². The van der Waals surface area contributed by atoms with Crippen molar-refractivity contribution in [1.29, 1.82) is 0 Å². The van der Waals surface area contributed by atoms with E-state index in [1.165, 1.54) is 25.9 Å². The maximum atomic E-state index is 9.46. The molecule has 2 rings (SSSR count). The van der Waals surface area contributed by atoms with Crippen LogP contribution in [0, 0.1) is 0 Å². The van der Waals surface area contributed by atoms with Crippen molar-refractivity contribution in [2.75, 3.05) is 31.6 Å². The van der Waals surface area contributed by atoms with Gasteiger partial charge in [0.15, 0.2) is 0 Å². The molecule has 0 aromatic carbocycles. The molecule has 1 aromatic rings. The Bertz CT molecular complexity index is 442. The van der Waals surface area contributed by atoms with E-state index >= 15 is 0 Å². The van der Waals surface area contributed by atoms with Gasteiger partial charge in [-0.2, -0.15) is 0 Å². The Hall–Kier alpha value is -1.13. The van der Waals surface area contributed by atoms with E-state index in [2.05, 4.69) is 30.7 Å². The Morgan fingerprint density at radius 2 is 2.00 bits per heavy atom. The summed E-state index contributed by atoms with van der Waals surface area (Å²) < 4.78 is 0. The van der Waals surface area contributed by atoms with Crippen molar-refractivity contribution in [2.24, 2.45) is 0 Å². The monoisotopic (exact) mass is 291 g/mol. The molecule has 1 saturated heterocycles. The normalized spacial score (nSPS) is 17.1. The minimum Gasteiger partial charge on any atom is -0.392 e. The number of hydrogen-bond donors (Lipinski definition) is 1. The Labute approximate surface area is 128 Å². The van der Waals surface area contributed by atoms with Gasteiger partial charge in [-0.25, -0.2) is 4.98 Å². The molecule has 4 nitrogen and oxygen atoms in total. The zero-order chi connectivity index (χ0) is 15.2. The van der Waals surface area contributed by atoms with Crippen LogP contribution in [-0.2, 0) is 13.0 Å². The number of anilines is 1. The summed E-state index contributed by atoms with van der Waals surface area (Å²) in [4.78, 5) is 9.60. The molecular formula is C17H29N3O. The van der Waals surface area contributed by atoms with Gasteiger partial charge < -0.3 is 14.9 Å². The van der Waals surface area contributed by atoms with Gasteiger partial charge >= 0.3 is 0 Å². The Kier molecular flexibility index (Phi) is 6.00. The molecule has 1 aliphatic heterocycles.